The fraction of sp³-hybridized carbons (Fsp3) is 0.562. The fourth-order valence-corrected chi connectivity index (χ4v) is 4.84. The summed E-state index contributed by atoms with van der Waals surface area (Å²) in [4.78, 5) is 7.15. The van der Waals surface area contributed by atoms with Crippen molar-refractivity contribution in [2.75, 3.05) is 12.4 Å². The van der Waals surface area contributed by atoms with E-state index in [0.717, 1.165) is 15.3 Å². The molecule has 4 rings (SSSR count). The van der Waals surface area contributed by atoms with Crippen molar-refractivity contribution in [2.24, 2.45) is 0 Å². The van der Waals surface area contributed by atoms with E-state index in [1.165, 1.54) is 38.2 Å². The normalized spacial score (nSPS) is 29.7. The van der Waals surface area contributed by atoms with Gasteiger partial charge >= 0.3 is 0 Å². The molecule has 1 aromatic heterocycles. The zero-order valence-corrected chi connectivity index (χ0v) is 13.0. The van der Waals surface area contributed by atoms with Gasteiger partial charge in [-0.1, -0.05) is 17.8 Å². The molecule has 0 radical (unpaired) electrons. The monoisotopic (exact) mass is 305 g/mol. The van der Waals surface area contributed by atoms with Gasteiger partial charge < -0.3 is 10.2 Å². The largest absolute Gasteiger partial charge is 0.359 e. The average molecular weight is 305 g/mol. The van der Waals surface area contributed by atoms with Gasteiger partial charge in [-0.25, -0.2) is 9.37 Å². The predicted octanol–water partition coefficient (Wildman–Crippen LogP) is 3.86. The molecule has 0 spiro atoms. The molecule has 112 valence electrons. The van der Waals surface area contributed by atoms with Crippen molar-refractivity contribution < 1.29 is 4.39 Å². The Bertz CT molecular complexity index is 642. The summed E-state index contributed by atoms with van der Waals surface area (Å²) in [5.41, 5.74) is 0.886. The van der Waals surface area contributed by atoms with E-state index in [9.17, 15) is 4.39 Å². The molecule has 2 aromatic rings. The molecule has 21 heavy (non-hydrogen) atoms. The summed E-state index contributed by atoms with van der Waals surface area (Å²) >= 11 is 1.56. The van der Waals surface area contributed by atoms with Crippen LogP contribution in [0, 0.1) is 5.82 Å². The van der Waals surface area contributed by atoms with E-state index in [0.29, 0.717) is 18.1 Å². The molecule has 2 aliphatic rings. The molecule has 2 bridgehead atoms. The van der Waals surface area contributed by atoms with Gasteiger partial charge in [-0.2, -0.15) is 0 Å². The van der Waals surface area contributed by atoms with Crippen molar-refractivity contribution in [3.05, 3.63) is 24.0 Å². The van der Waals surface area contributed by atoms with Gasteiger partial charge in [0.25, 0.3) is 0 Å². The van der Waals surface area contributed by atoms with Crippen LogP contribution in [0.15, 0.2) is 18.2 Å². The van der Waals surface area contributed by atoms with E-state index in [4.69, 9.17) is 0 Å². The molecule has 3 nitrogen and oxygen atoms in total. The molecule has 5 heteroatoms. The fourth-order valence-electron chi connectivity index (χ4n) is 3.87. The number of fused-ring (bicyclic) bond motifs is 3. The number of nitrogens with one attached hydrogen (secondary N) is 1. The lowest BCUT2D eigenvalue weighted by Crippen LogP contribution is -2.52. The second kappa shape index (κ2) is 5.21. The number of aromatic nitrogens is 1. The van der Waals surface area contributed by atoms with Crippen LogP contribution < -0.4 is 5.32 Å². The number of nitrogens with zero attached hydrogens (tertiary/aromatic N) is 2. The topological polar surface area (TPSA) is 28.2 Å². The number of anilines is 1. The highest BCUT2D eigenvalue weighted by Crippen LogP contribution is 2.35. The zero-order chi connectivity index (χ0) is 14.4. The van der Waals surface area contributed by atoms with Crippen LogP contribution in [0.4, 0.5) is 9.52 Å². The molecule has 1 N–H and O–H groups in total. The number of hydrogen-bond acceptors (Lipinski definition) is 4. The number of thiazole rings is 1. The number of piperidine rings is 2. The number of hydrogen-bond donors (Lipinski definition) is 1. The van der Waals surface area contributed by atoms with E-state index in [1.54, 1.807) is 23.5 Å². The molecule has 0 saturated carbocycles. The van der Waals surface area contributed by atoms with Crippen LogP contribution in [0.25, 0.3) is 10.2 Å². The summed E-state index contributed by atoms with van der Waals surface area (Å²) in [6, 6.07) is 6.73. The first-order valence-corrected chi connectivity index (χ1v) is 8.55. The van der Waals surface area contributed by atoms with Crippen molar-refractivity contribution in [2.45, 2.75) is 50.2 Å². The Morgan fingerprint density at radius 1 is 1.29 bits per heavy atom. The number of halogens is 1. The van der Waals surface area contributed by atoms with Crippen molar-refractivity contribution >= 4 is 26.7 Å². The molecular formula is C16H20FN3S. The SMILES string of the molecule is CN1C2CCCC1CC(Nc1nc3ccc(F)cc3s1)C2. The lowest BCUT2D eigenvalue weighted by Gasteiger charge is -2.47. The summed E-state index contributed by atoms with van der Waals surface area (Å²) in [5.74, 6) is -0.188. The lowest BCUT2D eigenvalue weighted by atomic mass is 9.82. The zero-order valence-electron chi connectivity index (χ0n) is 12.2. The van der Waals surface area contributed by atoms with Gasteiger partial charge in [-0.05, 0) is 50.9 Å². The summed E-state index contributed by atoms with van der Waals surface area (Å²) in [6.45, 7) is 0. The van der Waals surface area contributed by atoms with Crippen LogP contribution in [-0.2, 0) is 0 Å². The van der Waals surface area contributed by atoms with Crippen molar-refractivity contribution in [3.63, 3.8) is 0 Å². The minimum absolute atomic E-state index is 0.188. The molecule has 2 aliphatic heterocycles. The summed E-state index contributed by atoms with van der Waals surface area (Å²) in [7, 11) is 2.27. The van der Waals surface area contributed by atoms with Gasteiger partial charge in [0.15, 0.2) is 5.13 Å². The van der Waals surface area contributed by atoms with E-state index in [2.05, 4.69) is 22.2 Å². The van der Waals surface area contributed by atoms with Crippen LogP contribution in [-0.4, -0.2) is 35.1 Å². The standard InChI is InChI=1S/C16H20FN3S/c1-20-12-3-2-4-13(20)9-11(8-12)18-16-19-14-6-5-10(17)7-15(14)21-16/h5-7,11-13H,2-4,8-9H2,1H3,(H,18,19). The van der Waals surface area contributed by atoms with Gasteiger partial charge in [0.2, 0.25) is 0 Å². The van der Waals surface area contributed by atoms with Crippen LogP contribution >= 0.6 is 11.3 Å². The third-order valence-electron chi connectivity index (χ3n) is 5.02. The van der Waals surface area contributed by atoms with Crippen LogP contribution in [0.2, 0.25) is 0 Å². The van der Waals surface area contributed by atoms with Crippen LogP contribution in [0.5, 0.6) is 0 Å². The van der Waals surface area contributed by atoms with Gasteiger partial charge in [0, 0.05) is 18.1 Å². The Morgan fingerprint density at radius 3 is 2.81 bits per heavy atom. The van der Waals surface area contributed by atoms with Crippen molar-refractivity contribution in [1.82, 2.24) is 9.88 Å². The lowest BCUT2D eigenvalue weighted by molar-refractivity contribution is 0.0608. The van der Waals surface area contributed by atoms with Crippen LogP contribution in [0.1, 0.15) is 32.1 Å². The second-order valence-electron chi connectivity index (χ2n) is 6.35. The van der Waals surface area contributed by atoms with E-state index in [1.807, 2.05) is 0 Å². The van der Waals surface area contributed by atoms with Gasteiger partial charge in [0.05, 0.1) is 10.2 Å². The Labute approximate surface area is 128 Å². The first-order valence-electron chi connectivity index (χ1n) is 7.73. The maximum absolute atomic E-state index is 13.3. The Kier molecular flexibility index (Phi) is 3.34. The van der Waals surface area contributed by atoms with E-state index in [-0.39, 0.29) is 5.82 Å². The summed E-state index contributed by atoms with van der Waals surface area (Å²) < 4.78 is 14.2. The molecule has 2 saturated heterocycles. The molecule has 2 atom stereocenters. The molecular weight excluding hydrogens is 285 g/mol. The highest BCUT2D eigenvalue weighted by Gasteiger charge is 2.36. The Hall–Kier alpha value is -1.20. The van der Waals surface area contributed by atoms with E-state index < -0.39 is 0 Å². The third-order valence-corrected chi connectivity index (χ3v) is 5.97. The van der Waals surface area contributed by atoms with Crippen LogP contribution in [0.3, 0.4) is 0 Å². The van der Waals surface area contributed by atoms with Gasteiger partial charge in [0.1, 0.15) is 5.82 Å². The quantitative estimate of drug-likeness (QED) is 0.913. The van der Waals surface area contributed by atoms with Gasteiger partial charge in [-0.3, -0.25) is 0 Å². The smallest absolute Gasteiger partial charge is 0.184 e. The molecule has 2 fully saturated rings. The minimum Gasteiger partial charge on any atom is -0.359 e. The second-order valence-corrected chi connectivity index (χ2v) is 7.38. The van der Waals surface area contributed by atoms with Gasteiger partial charge in [-0.15, -0.1) is 0 Å². The first kappa shape index (κ1) is 13.5. The Morgan fingerprint density at radius 2 is 2.05 bits per heavy atom. The highest BCUT2D eigenvalue weighted by molar-refractivity contribution is 7.22. The van der Waals surface area contributed by atoms with Crippen molar-refractivity contribution in [3.8, 4) is 0 Å². The molecule has 0 amide bonds. The van der Waals surface area contributed by atoms with Crippen molar-refractivity contribution in [1.29, 1.82) is 0 Å². The maximum atomic E-state index is 13.3. The number of benzene rings is 1. The summed E-state index contributed by atoms with van der Waals surface area (Å²) in [6.07, 6.45) is 6.38. The maximum Gasteiger partial charge on any atom is 0.184 e. The molecule has 2 unspecified atom stereocenters. The highest BCUT2D eigenvalue weighted by atomic mass is 32.1. The average Bonchev–Trinajstić information content (AvgIpc) is 2.81. The molecule has 3 heterocycles. The summed E-state index contributed by atoms with van der Waals surface area (Å²) in [5, 5.41) is 4.53. The predicted molar refractivity (Wildman–Crippen MR) is 85.4 cm³/mol. The molecule has 0 aliphatic carbocycles. The number of rotatable bonds is 2. The Balaban J connectivity index is 1.52. The molecule has 1 aromatic carbocycles. The van der Waals surface area contributed by atoms with E-state index >= 15 is 0 Å². The first-order chi connectivity index (χ1) is 10.2. The minimum atomic E-state index is -0.188. The third kappa shape index (κ3) is 2.53.